The summed E-state index contributed by atoms with van der Waals surface area (Å²) in [7, 11) is 3.28. The molecule has 1 amide bonds. The Hall–Kier alpha value is -1.71. The number of carbonyl (C=O) groups is 1. The number of ether oxygens (including phenoxy) is 2. The molecule has 110 valence electrons. The van der Waals surface area contributed by atoms with Crippen molar-refractivity contribution >= 4 is 5.91 Å². The summed E-state index contributed by atoms with van der Waals surface area (Å²) in [4.78, 5) is 14.4. The molecule has 1 atom stereocenters. The molecule has 0 saturated carbocycles. The van der Waals surface area contributed by atoms with Gasteiger partial charge in [-0.3, -0.25) is 4.79 Å². The molecule has 1 aliphatic rings. The standard InChI is InChI=1S/C16H23NO3/c1-5-11-7-12-8-14(19-3)15(20-4)9-13(12)10-17(6-2)16(11)18/h8-9,11H,5-7,10H2,1-4H3. The molecule has 4 nitrogen and oxygen atoms in total. The molecule has 4 heteroatoms. The van der Waals surface area contributed by atoms with Crippen LogP contribution >= 0.6 is 0 Å². The lowest BCUT2D eigenvalue weighted by Gasteiger charge is -2.22. The summed E-state index contributed by atoms with van der Waals surface area (Å²) in [6.07, 6.45) is 1.64. The molecule has 0 saturated heterocycles. The smallest absolute Gasteiger partial charge is 0.226 e. The van der Waals surface area contributed by atoms with Crippen molar-refractivity contribution in [1.29, 1.82) is 0 Å². The molecule has 0 fully saturated rings. The SMILES string of the molecule is CCC1Cc2cc(OC)c(OC)cc2CN(CC)C1=O. The van der Waals surface area contributed by atoms with Gasteiger partial charge in [-0.25, -0.2) is 0 Å². The topological polar surface area (TPSA) is 38.8 Å². The number of hydrogen-bond acceptors (Lipinski definition) is 3. The molecule has 1 aliphatic heterocycles. The molecule has 0 N–H and O–H groups in total. The number of methoxy groups -OCH3 is 2. The van der Waals surface area contributed by atoms with Gasteiger partial charge in [-0.2, -0.15) is 0 Å². The first-order valence-electron chi connectivity index (χ1n) is 7.17. The van der Waals surface area contributed by atoms with E-state index in [9.17, 15) is 4.79 Å². The highest BCUT2D eigenvalue weighted by molar-refractivity contribution is 5.80. The fourth-order valence-electron chi connectivity index (χ4n) is 2.78. The number of rotatable bonds is 4. The molecular formula is C16H23NO3. The molecular weight excluding hydrogens is 254 g/mol. The quantitative estimate of drug-likeness (QED) is 0.849. The van der Waals surface area contributed by atoms with Crippen LogP contribution < -0.4 is 9.47 Å². The van der Waals surface area contributed by atoms with E-state index in [4.69, 9.17) is 9.47 Å². The first-order chi connectivity index (χ1) is 9.64. The lowest BCUT2D eigenvalue weighted by Crippen LogP contribution is -2.34. The first kappa shape index (κ1) is 14.7. The van der Waals surface area contributed by atoms with Gasteiger partial charge < -0.3 is 14.4 Å². The third kappa shape index (κ3) is 2.60. The van der Waals surface area contributed by atoms with Gasteiger partial charge in [0.25, 0.3) is 0 Å². The lowest BCUT2D eigenvalue weighted by atomic mass is 9.94. The summed E-state index contributed by atoms with van der Waals surface area (Å²) in [5.74, 6) is 1.78. The second-order valence-electron chi connectivity index (χ2n) is 5.14. The molecule has 0 spiro atoms. The van der Waals surface area contributed by atoms with Gasteiger partial charge in [-0.15, -0.1) is 0 Å². The zero-order valence-corrected chi connectivity index (χ0v) is 12.7. The zero-order chi connectivity index (χ0) is 14.7. The Kier molecular flexibility index (Phi) is 4.53. The maximum absolute atomic E-state index is 12.4. The average molecular weight is 277 g/mol. The lowest BCUT2D eigenvalue weighted by molar-refractivity contribution is -0.135. The fraction of sp³-hybridized carbons (Fsp3) is 0.562. The van der Waals surface area contributed by atoms with Crippen molar-refractivity contribution in [3.05, 3.63) is 23.3 Å². The van der Waals surface area contributed by atoms with E-state index in [1.807, 2.05) is 24.0 Å². The van der Waals surface area contributed by atoms with E-state index in [1.165, 1.54) is 5.56 Å². The number of hydrogen-bond donors (Lipinski definition) is 0. The van der Waals surface area contributed by atoms with Gasteiger partial charge in [0.15, 0.2) is 11.5 Å². The van der Waals surface area contributed by atoms with Crippen molar-refractivity contribution in [3.8, 4) is 11.5 Å². The monoisotopic (exact) mass is 277 g/mol. The Balaban J connectivity index is 2.47. The summed E-state index contributed by atoms with van der Waals surface area (Å²) in [5.41, 5.74) is 2.35. The van der Waals surface area contributed by atoms with Gasteiger partial charge in [0.05, 0.1) is 14.2 Å². The summed E-state index contributed by atoms with van der Waals surface area (Å²) < 4.78 is 10.7. The Labute approximate surface area is 120 Å². The van der Waals surface area contributed by atoms with Gasteiger partial charge in [0, 0.05) is 19.0 Å². The molecule has 20 heavy (non-hydrogen) atoms. The molecule has 1 aromatic rings. The first-order valence-corrected chi connectivity index (χ1v) is 7.17. The van der Waals surface area contributed by atoms with E-state index in [2.05, 4.69) is 6.92 Å². The van der Waals surface area contributed by atoms with Crippen LogP contribution in [0.15, 0.2) is 12.1 Å². The minimum absolute atomic E-state index is 0.0642. The van der Waals surface area contributed by atoms with E-state index in [1.54, 1.807) is 14.2 Å². The van der Waals surface area contributed by atoms with Crippen molar-refractivity contribution < 1.29 is 14.3 Å². The predicted octanol–water partition coefficient (Wildman–Crippen LogP) is 2.63. The van der Waals surface area contributed by atoms with Crippen molar-refractivity contribution in [1.82, 2.24) is 4.90 Å². The number of benzene rings is 1. The molecule has 2 rings (SSSR count). The second kappa shape index (κ2) is 6.16. The van der Waals surface area contributed by atoms with Crippen LogP contribution in [0.25, 0.3) is 0 Å². The third-order valence-corrected chi connectivity index (χ3v) is 4.07. The van der Waals surface area contributed by atoms with E-state index in [0.29, 0.717) is 6.54 Å². The normalized spacial score (nSPS) is 18.5. The maximum Gasteiger partial charge on any atom is 0.226 e. The molecule has 0 aromatic heterocycles. The highest BCUT2D eigenvalue weighted by Gasteiger charge is 2.28. The Bertz CT molecular complexity index is 456. The van der Waals surface area contributed by atoms with E-state index in [-0.39, 0.29) is 11.8 Å². The summed E-state index contributed by atoms with van der Waals surface area (Å²) in [6.45, 7) is 5.49. The van der Waals surface area contributed by atoms with Gasteiger partial charge in [0.1, 0.15) is 0 Å². The summed E-state index contributed by atoms with van der Waals surface area (Å²) >= 11 is 0. The van der Waals surface area contributed by atoms with Crippen molar-refractivity contribution in [3.63, 3.8) is 0 Å². The van der Waals surface area contributed by atoms with Gasteiger partial charge in [-0.05, 0) is 43.0 Å². The zero-order valence-electron chi connectivity index (χ0n) is 12.7. The van der Waals surface area contributed by atoms with E-state index >= 15 is 0 Å². The van der Waals surface area contributed by atoms with Crippen LogP contribution in [-0.4, -0.2) is 31.6 Å². The summed E-state index contributed by atoms with van der Waals surface area (Å²) in [5, 5.41) is 0. The highest BCUT2D eigenvalue weighted by Crippen LogP contribution is 2.34. The minimum Gasteiger partial charge on any atom is -0.493 e. The Morgan fingerprint density at radius 1 is 1.15 bits per heavy atom. The fourth-order valence-corrected chi connectivity index (χ4v) is 2.78. The maximum atomic E-state index is 12.4. The van der Waals surface area contributed by atoms with Crippen molar-refractivity contribution in [2.24, 2.45) is 5.92 Å². The Morgan fingerprint density at radius 3 is 2.25 bits per heavy atom. The summed E-state index contributed by atoms with van der Waals surface area (Å²) in [6, 6.07) is 4.02. The molecule has 1 unspecified atom stereocenters. The van der Waals surface area contributed by atoms with Gasteiger partial charge >= 0.3 is 0 Å². The predicted molar refractivity (Wildman–Crippen MR) is 78.1 cm³/mol. The second-order valence-corrected chi connectivity index (χ2v) is 5.14. The highest BCUT2D eigenvalue weighted by atomic mass is 16.5. The molecule has 0 aliphatic carbocycles. The molecule has 1 heterocycles. The van der Waals surface area contributed by atoms with Crippen LogP contribution in [0.2, 0.25) is 0 Å². The minimum atomic E-state index is 0.0642. The average Bonchev–Trinajstić information content (AvgIpc) is 2.61. The Morgan fingerprint density at radius 2 is 1.75 bits per heavy atom. The van der Waals surface area contributed by atoms with Crippen molar-refractivity contribution in [2.75, 3.05) is 20.8 Å². The van der Waals surface area contributed by atoms with Crippen molar-refractivity contribution in [2.45, 2.75) is 33.2 Å². The van der Waals surface area contributed by atoms with E-state index < -0.39 is 0 Å². The molecule has 0 bridgehead atoms. The van der Waals surface area contributed by atoms with Crippen LogP contribution in [-0.2, 0) is 17.8 Å². The number of nitrogens with zero attached hydrogens (tertiary/aromatic N) is 1. The van der Waals surface area contributed by atoms with Crippen LogP contribution in [0.5, 0.6) is 11.5 Å². The van der Waals surface area contributed by atoms with Crippen LogP contribution in [0.3, 0.4) is 0 Å². The van der Waals surface area contributed by atoms with Crippen LogP contribution in [0.4, 0.5) is 0 Å². The van der Waals surface area contributed by atoms with Gasteiger partial charge in [-0.1, -0.05) is 6.92 Å². The number of amides is 1. The van der Waals surface area contributed by atoms with Gasteiger partial charge in [0.2, 0.25) is 5.91 Å². The molecule has 1 aromatic carbocycles. The third-order valence-electron chi connectivity index (χ3n) is 4.07. The number of fused-ring (bicyclic) bond motifs is 1. The molecule has 0 radical (unpaired) electrons. The largest absolute Gasteiger partial charge is 0.493 e. The van der Waals surface area contributed by atoms with E-state index in [0.717, 1.165) is 36.4 Å². The number of carbonyl (C=O) groups excluding carboxylic acids is 1. The van der Waals surface area contributed by atoms with Crippen LogP contribution in [0, 0.1) is 5.92 Å². The van der Waals surface area contributed by atoms with Crippen LogP contribution in [0.1, 0.15) is 31.4 Å².